The third-order valence-corrected chi connectivity index (χ3v) is 4.24. The molecule has 0 unspecified atom stereocenters. The standard InChI is InChI=1S/C17H21N3S/c1-13-20-16(11-21-13)14-6-4-7-15(10-14)19-12-17(2,3)8-5-9-18/h4,6-7,10-11,19H,5,8,12H2,1-3H3. The summed E-state index contributed by atoms with van der Waals surface area (Å²) in [5.41, 5.74) is 3.38. The van der Waals surface area contributed by atoms with Gasteiger partial charge in [0, 0.05) is 29.6 Å². The molecule has 0 radical (unpaired) electrons. The fraction of sp³-hybridized carbons (Fsp3) is 0.412. The van der Waals surface area contributed by atoms with Crippen molar-refractivity contribution in [1.82, 2.24) is 4.98 Å². The summed E-state index contributed by atoms with van der Waals surface area (Å²) in [6, 6.07) is 10.6. The Morgan fingerprint density at radius 1 is 1.38 bits per heavy atom. The SMILES string of the molecule is Cc1nc(-c2cccc(NCC(C)(C)CCC#N)c2)cs1. The van der Waals surface area contributed by atoms with Crippen LogP contribution in [-0.4, -0.2) is 11.5 Å². The van der Waals surface area contributed by atoms with E-state index in [1.54, 1.807) is 11.3 Å². The molecule has 0 saturated carbocycles. The molecule has 0 aliphatic heterocycles. The van der Waals surface area contributed by atoms with Crippen molar-refractivity contribution in [2.45, 2.75) is 33.6 Å². The summed E-state index contributed by atoms with van der Waals surface area (Å²) in [6.45, 7) is 7.25. The molecule has 1 heterocycles. The van der Waals surface area contributed by atoms with E-state index in [-0.39, 0.29) is 5.41 Å². The molecule has 0 bridgehead atoms. The van der Waals surface area contributed by atoms with Gasteiger partial charge in [-0.3, -0.25) is 0 Å². The number of nitrogens with zero attached hydrogens (tertiary/aromatic N) is 2. The van der Waals surface area contributed by atoms with Gasteiger partial charge in [0.05, 0.1) is 16.8 Å². The first-order valence-corrected chi connectivity index (χ1v) is 8.01. The van der Waals surface area contributed by atoms with Crippen LogP contribution >= 0.6 is 11.3 Å². The molecule has 0 fully saturated rings. The van der Waals surface area contributed by atoms with E-state index in [0.29, 0.717) is 6.42 Å². The number of nitriles is 1. The Bertz CT molecular complexity index is 637. The summed E-state index contributed by atoms with van der Waals surface area (Å²) < 4.78 is 0. The van der Waals surface area contributed by atoms with E-state index in [9.17, 15) is 0 Å². The Labute approximate surface area is 130 Å². The highest BCUT2D eigenvalue weighted by atomic mass is 32.1. The average molecular weight is 299 g/mol. The predicted molar refractivity (Wildman–Crippen MR) is 89.4 cm³/mol. The zero-order valence-corrected chi connectivity index (χ0v) is 13.6. The highest BCUT2D eigenvalue weighted by molar-refractivity contribution is 7.09. The summed E-state index contributed by atoms with van der Waals surface area (Å²) in [5, 5.41) is 15.4. The lowest BCUT2D eigenvalue weighted by molar-refractivity contribution is 0.364. The van der Waals surface area contributed by atoms with E-state index in [0.717, 1.165) is 34.9 Å². The molecule has 0 spiro atoms. The lowest BCUT2D eigenvalue weighted by atomic mass is 9.88. The minimum atomic E-state index is 0.114. The Kier molecular flexibility index (Phi) is 4.98. The van der Waals surface area contributed by atoms with E-state index < -0.39 is 0 Å². The van der Waals surface area contributed by atoms with Crippen LogP contribution in [0.4, 0.5) is 5.69 Å². The van der Waals surface area contributed by atoms with E-state index in [1.807, 2.05) is 6.92 Å². The fourth-order valence-electron chi connectivity index (χ4n) is 2.11. The molecule has 0 atom stereocenters. The van der Waals surface area contributed by atoms with Crippen LogP contribution in [0.5, 0.6) is 0 Å². The van der Waals surface area contributed by atoms with Gasteiger partial charge in [0.15, 0.2) is 0 Å². The Balaban J connectivity index is 2.03. The first-order valence-electron chi connectivity index (χ1n) is 7.13. The van der Waals surface area contributed by atoms with Gasteiger partial charge in [-0.25, -0.2) is 4.98 Å². The smallest absolute Gasteiger partial charge is 0.0901 e. The quantitative estimate of drug-likeness (QED) is 0.828. The van der Waals surface area contributed by atoms with Crippen molar-refractivity contribution in [2.24, 2.45) is 5.41 Å². The van der Waals surface area contributed by atoms with Crippen LogP contribution in [0.25, 0.3) is 11.3 Å². The van der Waals surface area contributed by atoms with Crippen molar-refractivity contribution in [3.8, 4) is 17.3 Å². The van der Waals surface area contributed by atoms with Gasteiger partial charge in [0.25, 0.3) is 0 Å². The highest BCUT2D eigenvalue weighted by Crippen LogP contribution is 2.26. The van der Waals surface area contributed by atoms with Crippen LogP contribution in [-0.2, 0) is 0 Å². The first kappa shape index (κ1) is 15.5. The molecular formula is C17H21N3S. The van der Waals surface area contributed by atoms with Crippen molar-refractivity contribution < 1.29 is 0 Å². The second-order valence-corrected chi connectivity index (χ2v) is 7.07. The van der Waals surface area contributed by atoms with Crippen LogP contribution in [0.1, 0.15) is 31.7 Å². The van der Waals surface area contributed by atoms with Crippen LogP contribution in [0.2, 0.25) is 0 Å². The van der Waals surface area contributed by atoms with Crippen LogP contribution < -0.4 is 5.32 Å². The van der Waals surface area contributed by atoms with Gasteiger partial charge in [-0.05, 0) is 30.9 Å². The van der Waals surface area contributed by atoms with Crippen molar-refractivity contribution in [2.75, 3.05) is 11.9 Å². The number of anilines is 1. The second-order valence-electron chi connectivity index (χ2n) is 6.01. The van der Waals surface area contributed by atoms with E-state index >= 15 is 0 Å². The summed E-state index contributed by atoms with van der Waals surface area (Å²) in [4.78, 5) is 4.53. The van der Waals surface area contributed by atoms with Gasteiger partial charge in [0.1, 0.15) is 0 Å². The molecule has 4 heteroatoms. The van der Waals surface area contributed by atoms with Crippen molar-refractivity contribution in [3.05, 3.63) is 34.7 Å². The summed E-state index contributed by atoms with van der Waals surface area (Å²) in [5.74, 6) is 0. The number of thiazole rings is 1. The molecule has 2 aromatic rings. The molecule has 110 valence electrons. The minimum absolute atomic E-state index is 0.114. The lowest BCUT2D eigenvalue weighted by Gasteiger charge is -2.24. The molecule has 1 aromatic heterocycles. The molecule has 3 nitrogen and oxygen atoms in total. The molecule has 1 N–H and O–H groups in total. The molecule has 21 heavy (non-hydrogen) atoms. The van der Waals surface area contributed by atoms with Crippen molar-refractivity contribution in [3.63, 3.8) is 0 Å². The number of rotatable bonds is 6. The molecule has 0 saturated heterocycles. The number of nitrogens with one attached hydrogen (secondary N) is 1. The van der Waals surface area contributed by atoms with Crippen LogP contribution in [0, 0.1) is 23.7 Å². The Hall–Kier alpha value is -1.86. The van der Waals surface area contributed by atoms with Crippen molar-refractivity contribution >= 4 is 17.0 Å². The second kappa shape index (κ2) is 6.73. The van der Waals surface area contributed by atoms with Crippen LogP contribution in [0.15, 0.2) is 29.6 Å². The summed E-state index contributed by atoms with van der Waals surface area (Å²) in [6.07, 6.45) is 1.51. The molecule has 2 rings (SSSR count). The Morgan fingerprint density at radius 3 is 2.86 bits per heavy atom. The maximum atomic E-state index is 8.70. The van der Waals surface area contributed by atoms with Gasteiger partial charge >= 0.3 is 0 Å². The normalized spacial score (nSPS) is 11.1. The zero-order chi connectivity index (χ0) is 15.3. The minimum Gasteiger partial charge on any atom is -0.384 e. The number of hydrogen-bond acceptors (Lipinski definition) is 4. The molecule has 1 aromatic carbocycles. The molecule has 0 aliphatic rings. The Morgan fingerprint density at radius 2 is 2.19 bits per heavy atom. The molecular weight excluding hydrogens is 278 g/mol. The van der Waals surface area contributed by atoms with Crippen molar-refractivity contribution in [1.29, 1.82) is 5.26 Å². The number of hydrogen-bond donors (Lipinski definition) is 1. The van der Waals surface area contributed by atoms with Gasteiger partial charge in [-0.15, -0.1) is 11.3 Å². The molecule has 0 amide bonds. The van der Waals surface area contributed by atoms with E-state index in [2.05, 4.69) is 59.9 Å². The van der Waals surface area contributed by atoms with E-state index in [4.69, 9.17) is 5.26 Å². The first-order chi connectivity index (χ1) is 10.00. The third-order valence-electron chi connectivity index (χ3n) is 3.46. The van der Waals surface area contributed by atoms with Gasteiger partial charge in [-0.1, -0.05) is 26.0 Å². The number of aromatic nitrogens is 1. The highest BCUT2D eigenvalue weighted by Gasteiger charge is 2.17. The maximum absolute atomic E-state index is 8.70. The van der Waals surface area contributed by atoms with E-state index in [1.165, 1.54) is 0 Å². The van der Waals surface area contributed by atoms with Gasteiger partial charge < -0.3 is 5.32 Å². The average Bonchev–Trinajstić information content (AvgIpc) is 2.90. The largest absolute Gasteiger partial charge is 0.384 e. The molecule has 0 aliphatic carbocycles. The third kappa shape index (κ3) is 4.57. The fourth-order valence-corrected chi connectivity index (χ4v) is 2.73. The topological polar surface area (TPSA) is 48.7 Å². The van der Waals surface area contributed by atoms with Gasteiger partial charge in [0.2, 0.25) is 0 Å². The summed E-state index contributed by atoms with van der Waals surface area (Å²) in [7, 11) is 0. The van der Waals surface area contributed by atoms with Crippen LogP contribution in [0.3, 0.4) is 0 Å². The summed E-state index contributed by atoms with van der Waals surface area (Å²) >= 11 is 1.67. The zero-order valence-electron chi connectivity index (χ0n) is 12.8. The maximum Gasteiger partial charge on any atom is 0.0901 e. The number of benzene rings is 1. The monoisotopic (exact) mass is 299 g/mol. The lowest BCUT2D eigenvalue weighted by Crippen LogP contribution is -2.22. The predicted octanol–water partition coefficient (Wildman–Crippen LogP) is 4.86. The van der Waals surface area contributed by atoms with Gasteiger partial charge in [-0.2, -0.15) is 5.26 Å². The number of aryl methyl sites for hydroxylation is 1.